The average molecular weight is 244 g/mol. The Balaban J connectivity index is 1.79. The zero-order chi connectivity index (χ0) is 13.0. The van der Waals surface area contributed by atoms with Gasteiger partial charge in [-0.25, -0.2) is 0 Å². The highest BCUT2D eigenvalue weighted by atomic mass is 16.1. The Labute approximate surface area is 111 Å². The molecule has 0 bridgehead atoms. The highest BCUT2D eigenvalue weighted by molar-refractivity contribution is 5.81. The molecule has 1 nitrogen and oxygen atoms in total. The van der Waals surface area contributed by atoms with Gasteiger partial charge in [0.2, 0.25) is 0 Å². The van der Waals surface area contributed by atoms with Gasteiger partial charge in [0.25, 0.3) is 0 Å². The number of allylic oxidation sites excluding steroid dienone is 2. The van der Waals surface area contributed by atoms with Crippen molar-refractivity contribution in [2.45, 2.75) is 52.4 Å². The molecule has 0 heterocycles. The molecular formula is C17H24O. The summed E-state index contributed by atoms with van der Waals surface area (Å²) in [5, 5.41) is 0. The third kappa shape index (κ3) is 3.25. The van der Waals surface area contributed by atoms with Gasteiger partial charge in [-0.3, -0.25) is 4.79 Å². The molecule has 4 atom stereocenters. The van der Waals surface area contributed by atoms with Crippen LogP contribution in [0.5, 0.6) is 0 Å². The molecule has 0 aromatic heterocycles. The zero-order valence-corrected chi connectivity index (χ0v) is 11.6. The first-order valence-corrected chi connectivity index (χ1v) is 7.28. The van der Waals surface area contributed by atoms with E-state index in [-0.39, 0.29) is 0 Å². The molecule has 2 aliphatic rings. The summed E-state index contributed by atoms with van der Waals surface area (Å²) in [7, 11) is 0. The first-order chi connectivity index (χ1) is 8.70. The molecule has 2 saturated carbocycles. The highest BCUT2D eigenvalue weighted by Crippen LogP contribution is 2.46. The van der Waals surface area contributed by atoms with Gasteiger partial charge in [0.15, 0.2) is 0 Å². The second kappa shape index (κ2) is 6.23. The van der Waals surface area contributed by atoms with Gasteiger partial charge in [0, 0.05) is 19.3 Å². The summed E-state index contributed by atoms with van der Waals surface area (Å²) in [6.45, 7) is 4.16. The van der Waals surface area contributed by atoms with Gasteiger partial charge >= 0.3 is 0 Å². The molecule has 0 radical (unpaired) electrons. The first-order valence-electron chi connectivity index (χ1n) is 7.28. The van der Waals surface area contributed by atoms with Crippen LogP contribution in [0.1, 0.15) is 52.4 Å². The van der Waals surface area contributed by atoms with Crippen LogP contribution in [0.25, 0.3) is 0 Å². The van der Waals surface area contributed by atoms with Gasteiger partial charge in [-0.05, 0) is 49.9 Å². The topological polar surface area (TPSA) is 17.1 Å². The number of hydrogen-bond donors (Lipinski definition) is 0. The smallest absolute Gasteiger partial charge is 0.133 e. The largest absolute Gasteiger partial charge is 0.300 e. The van der Waals surface area contributed by atoms with E-state index in [2.05, 4.69) is 30.9 Å². The van der Waals surface area contributed by atoms with Gasteiger partial charge in [0.1, 0.15) is 5.78 Å². The molecule has 2 aliphatic carbocycles. The minimum atomic E-state index is 0.495. The van der Waals surface area contributed by atoms with Gasteiger partial charge < -0.3 is 0 Å². The fourth-order valence-electron chi connectivity index (χ4n) is 3.48. The number of carbonyl (C=O) groups excluding carboxylic acids is 1. The van der Waals surface area contributed by atoms with Gasteiger partial charge in [-0.2, -0.15) is 0 Å². The number of Topliss-reactive ketones (excluding diaryl/α,β-unsaturated/α-hetero) is 1. The van der Waals surface area contributed by atoms with Crippen LogP contribution in [0.4, 0.5) is 0 Å². The fraction of sp³-hybridized carbons (Fsp3) is 0.706. The highest BCUT2D eigenvalue weighted by Gasteiger charge is 2.41. The van der Waals surface area contributed by atoms with Crippen LogP contribution in [0, 0.1) is 35.5 Å². The van der Waals surface area contributed by atoms with E-state index in [1.54, 1.807) is 0 Å². The SMILES string of the molecule is CC#CCC(C)C/C=C/C1CCC2CC(=O)CC12. The van der Waals surface area contributed by atoms with Crippen LogP contribution in [0.15, 0.2) is 12.2 Å². The van der Waals surface area contributed by atoms with Crippen molar-refractivity contribution in [3.05, 3.63) is 12.2 Å². The molecule has 0 amide bonds. The third-order valence-corrected chi connectivity index (χ3v) is 4.53. The molecule has 1 heteroatoms. The second-order valence-corrected chi connectivity index (χ2v) is 6.01. The monoisotopic (exact) mass is 244 g/mol. The van der Waals surface area contributed by atoms with Crippen molar-refractivity contribution in [1.82, 2.24) is 0 Å². The summed E-state index contributed by atoms with van der Waals surface area (Å²) in [6.07, 6.45) is 11.1. The van der Waals surface area contributed by atoms with Gasteiger partial charge in [-0.15, -0.1) is 11.8 Å². The molecule has 0 aromatic carbocycles. The molecule has 4 unspecified atom stereocenters. The van der Waals surface area contributed by atoms with Gasteiger partial charge in [-0.1, -0.05) is 19.1 Å². The summed E-state index contributed by atoms with van der Waals surface area (Å²) in [6, 6.07) is 0. The maximum atomic E-state index is 11.5. The number of hydrogen-bond acceptors (Lipinski definition) is 1. The lowest BCUT2D eigenvalue weighted by atomic mass is 9.91. The Morgan fingerprint density at radius 2 is 2.22 bits per heavy atom. The van der Waals surface area contributed by atoms with E-state index in [1.165, 1.54) is 12.8 Å². The maximum absolute atomic E-state index is 11.5. The molecule has 0 saturated heterocycles. The van der Waals surface area contributed by atoms with E-state index < -0.39 is 0 Å². The molecule has 98 valence electrons. The summed E-state index contributed by atoms with van der Waals surface area (Å²) in [5.74, 6) is 9.28. The molecule has 2 rings (SSSR count). The molecule has 0 aliphatic heterocycles. The third-order valence-electron chi connectivity index (χ3n) is 4.53. The Bertz CT molecular complexity index is 382. The molecule has 0 spiro atoms. The summed E-state index contributed by atoms with van der Waals surface area (Å²) < 4.78 is 0. The number of rotatable bonds is 4. The number of carbonyl (C=O) groups is 1. The Morgan fingerprint density at radius 3 is 3.00 bits per heavy atom. The molecule has 0 N–H and O–H groups in total. The number of fused-ring (bicyclic) bond motifs is 1. The lowest BCUT2D eigenvalue weighted by molar-refractivity contribution is -0.117. The quantitative estimate of drug-likeness (QED) is 0.540. The van der Waals surface area contributed by atoms with E-state index in [1.807, 2.05) is 6.92 Å². The standard InChI is InChI=1S/C17H24O/c1-3-4-6-13(2)7-5-8-14-9-10-15-11-16(18)12-17(14)15/h5,8,13-15,17H,6-7,9-12H2,1-2H3/b8-5+. The van der Waals surface area contributed by atoms with Crippen molar-refractivity contribution in [3.8, 4) is 11.8 Å². The first kappa shape index (κ1) is 13.4. The van der Waals surface area contributed by atoms with E-state index >= 15 is 0 Å². The summed E-state index contributed by atoms with van der Waals surface area (Å²) >= 11 is 0. The van der Waals surface area contributed by atoms with E-state index in [9.17, 15) is 4.79 Å². The van der Waals surface area contributed by atoms with Crippen LogP contribution in [0.3, 0.4) is 0 Å². The molecule has 18 heavy (non-hydrogen) atoms. The van der Waals surface area contributed by atoms with Crippen LogP contribution in [0.2, 0.25) is 0 Å². The van der Waals surface area contributed by atoms with Crippen LogP contribution < -0.4 is 0 Å². The zero-order valence-electron chi connectivity index (χ0n) is 11.6. The van der Waals surface area contributed by atoms with Crippen LogP contribution in [-0.4, -0.2) is 5.78 Å². The summed E-state index contributed by atoms with van der Waals surface area (Å²) in [5.41, 5.74) is 0. The Kier molecular flexibility index (Phi) is 4.64. The van der Waals surface area contributed by atoms with E-state index in [0.717, 1.165) is 25.7 Å². The minimum Gasteiger partial charge on any atom is -0.300 e. The predicted molar refractivity (Wildman–Crippen MR) is 74.9 cm³/mol. The Morgan fingerprint density at radius 1 is 1.39 bits per heavy atom. The lowest BCUT2D eigenvalue weighted by Crippen LogP contribution is -2.07. The van der Waals surface area contributed by atoms with E-state index in [0.29, 0.717) is 29.5 Å². The second-order valence-electron chi connectivity index (χ2n) is 6.01. The van der Waals surface area contributed by atoms with E-state index in [4.69, 9.17) is 0 Å². The fourth-order valence-corrected chi connectivity index (χ4v) is 3.48. The minimum absolute atomic E-state index is 0.495. The van der Waals surface area contributed by atoms with Crippen molar-refractivity contribution >= 4 is 5.78 Å². The van der Waals surface area contributed by atoms with Crippen molar-refractivity contribution < 1.29 is 4.79 Å². The van der Waals surface area contributed by atoms with Crippen molar-refractivity contribution in [2.75, 3.05) is 0 Å². The number of ketones is 1. The van der Waals surface area contributed by atoms with Crippen LogP contribution >= 0.6 is 0 Å². The normalized spacial score (nSPS) is 32.3. The van der Waals surface area contributed by atoms with Crippen LogP contribution in [-0.2, 0) is 4.79 Å². The molecule has 0 aromatic rings. The lowest BCUT2D eigenvalue weighted by Gasteiger charge is -2.13. The van der Waals surface area contributed by atoms with Crippen molar-refractivity contribution in [3.63, 3.8) is 0 Å². The summed E-state index contributed by atoms with van der Waals surface area (Å²) in [4.78, 5) is 11.5. The predicted octanol–water partition coefficient (Wildman–Crippen LogP) is 3.99. The Hall–Kier alpha value is -1.03. The van der Waals surface area contributed by atoms with Crippen molar-refractivity contribution in [2.24, 2.45) is 23.7 Å². The van der Waals surface area contributed by atoms with Crippen molar-refractivity contribution in [1.29, 1.82) is 0 Å². The van der Waals surface area contributed by atoms with Gasteiger partial charge in [0.05, 0.1) is 0 Å². The molecular weight excluding hydrogens is 220 g/mol. The molecule has 2 fully saturated rings. The maximum Gasteiger partial charge on any atom is 0.133 e. The average Bonchev–Trinajstić information content (AvgIpc) is 2.87.